The Morgan fingerprint density at radius 3 is 2.31 bits per heavy atom. The molecule has 0 aliphatic rings. The number of rotatable bonds is 11. The molecular formula is C24H36IN3O4. The maximum atomic E-state index is 5.66. The van der Waals surface area contributed by atoms with Gasteiger partial charge in [-0.25, -0.2) is 0 Å². The maximum Gasteiger partial charge on any atom is 0.191 e. The third-order valence-electron chi connectivity index (χ3n) is 4.94. The minimum Gasteiger partial charge on any atom is -0.497 e. The van der Waals surface area contributed by atoms with Crippen molar-refractivity contribution in [3.63, 3.8) is 0 Å². The smallest absolute Gasteiger partial charge is 0.191 e. The highest BCUT2D eigenvalue weighted by molar-refractivity contribution is 14.0. The van der Waals surface area contributed by atoms with Crippen LogP contribution >= 0.6 is 24.0 Å². The van der Waals surface area contributed by atoms with Crippen molar-refractivity contribution < 1.29 is 18.9 Å². The largest absolute Gasteiger partial charge is 0.497 e. The summed E-state index contributed by atoms with van der Waals surface area (Å²) in [6.45, 7) is 5.44. The van der Waals surface area contributed by atoms with Gasteiger partial charge in [0.25, 0.3) is 0 Å². The second-order valence-electron chi connectivity index (χ2n) is 6.99. The lowest BCUT2D eigenvalue weighted by molar-refractivity contribution is 0.310. The molecular weight excluding hydrogens is 521 g/mol. The summed E-state index contributed by atoms with van der Waals surface area (Å²) < 4.78 is 21.9. The summed E-state index contributed by atoms with van der Waals surface area (Å²) in [5.41, 5.74) is 2.22. The number of nitrogens with one attached hydrogen (secondary N) is 2. The van der Waals surface area contributed by atoms with Gasteiger partial charge in [-0.1, -0.05) is 6.07 Å². The van der Waals surface area contributed by atoms with E-state index in [4.69, 9.17) is 18.9 Å². The second kappa shape index (κ2) is 14.7. The summed E-state index contributed by atoms with van der Waals surface area (Å²) in [6.07, 6.45) is 1.88. The van der Waals surface area contributed by atoms with Gasteiger partial charge in [-0.05, 0) is 62.6 Å². The Morgan fingerprint density at radius 1 is 0.969 bits per heavy atom. The van der Waals surface area contributed by atoms with E-state index in [2.05, 4.69) is 28.6 Å². The Kier molecular flexibility index (Phi) is 12.7. The van der Waals surface area contributed by atoms with Crippen LogP contribution in [-0.2, 0) is 6.42 Å². The van der Waals surface area contributed by atoms with Gasteiger partial charge in [-0.3, -0.25) is 4.99 Å². The van der Waals surface area contributed by atoms with Gasteiger partial charge in [-0.2, -0.15) is 0 Å². The minimum atomic E-state index is -0.00779. The number of hydrogen-bond donors (Lipinski definition) is 2. The molecule has 2 rings (SSSR count). The van der Waals surface area contributed by atoms with Gasteiger partial charge in [0.2, 0.25) is 0 Å². The van der Waals surface area contributed by atoms with E-state index in [9.17, 15) is 0 Å². The molecule has 0 heterocycles. The number of ether oxygens (including phenoxy) is 4. The zero-order valence-electron chi connectivity index (χ0n) is 19.9. The van der Waals surface area contributed by atoms with Crippen LogP contribution in [0.2, 0.25) is 0 Å². The van der Waals surface area contributed by atoms with E-state index in [1.807, 2.05) is 37.3 Å². The van der Waals surface area contributed by atoms with Crippen LogP contribution in [0.3, 0.4) is 0 Å². The molecule has 2 aromatic rings. The quantitative estimate of drug-likeness (QED) is 0.182. The zero-order valence-corrected chi connectivity index (χ0v) is 22.2. The molecule has 0 aliphatic heterocycles. The van der Waals surface area contributed by atoms with Crippen molar-refractivity contribution in [1.82, 2.24) is 10.6 Å². The van der Waals surface area contributed by atoms with Crippen LogP contribution in [0.4, 0.5) is 0 Å². The highest BCUT2D eigenvalue weighted by atomic mass is 127. The summed E-state index contributed by atoms with van der Waals surface area (Å²) in [5.74, 6) is 3.88. The van der Waals surface area contributed by atoms with Crippen molar-refractivity contribution in [1.29, 1.82) is 0 Å². The van der Waals surface area contributed by atoms with E-state index in [-0.39, 0.29) is 30.0 Å². The average molecular weight is 557 g/mol. The average Bonchev–Trinajstić information content (AvgIpc) is 2.80. The topological polar surface area (TPSA) is 73.3 Å². The number of hydrogen-bond acceptors (Lipinski definition) is 5. The Hall–Kier alpha value is -2.36. The number of nitrogens with zero attached hydrogens (tertiary/aromatic N) is 1. The van der Waals surface area contributed by atoms with E-state index in [0.29, 0.717) is 6.61 Å². The molecule has 7 nitrogen and oxygen atoms in total. The monoisotopic (exact) mass is 557 g/mol. The van der Waals surface area contributed by atoms with E-state index < -0.39 is 0 Å². The first-order valence-electron chi connectivity index (χ1n) is 10.5. The van der Waals surface area contributed by atoms with Crippen LogP contribution in [0.15, 0.2) is 41.4 Å². The Balaban J connectivity index is 0.00000512. The van der Waals surface area contributed by atoms with Crippen LogP contribution in [0.1, 0.15) is 37.4 Å². The normalized spacial score (nSPS) is 11.8. The molecule has 0 amide bonds. The maximum absolute atomic E-state index is 5.66. The zero-order chi connectivity index (χ0) is 22.6. The molecule has 2 N–H and O–H groups in total. The van der Waals surface area contributed by atoms with E-state index in [1.165, 1.54) is 5.56 Å². The molecule has 8 heteroatoms. The SMILES string of the molecule is CCOc1cc(CCCNC(=NC)NC(C)c2cc(OC)ccc2OC)ccc1OC.I. The molecule has 2 aromatic carbocycles. The molecule has 0 aromatic heterocycles. The summed E-state index contributed by atoms with van der Waals surface area (Å²) in [4.78, 5) is 4.34. The lowest BCUT2D eigenvalue weighted by Gasteiger charge is -2.21. The Bertz CT molecular complexity index is 861. The predicted octanol–water partition coefficient (Wildman–Crippen LogP) is 4.59. The molecule has 0 saturated heterocycles. The standard InChI is InChI=1S/C24H35N3O4.HI/c1-7-31-23-15-18(10-12-22(23)30-6)9-8-14-26-24(25-3)27-17(2)20-16-19(28-4)11-13-21(20)29-5;/h10-13,15-17H,7-9,14H2,1-6H3,(H2,25,26,27);1H. The highest BCUT2D eigenvalue weighted by Crippen LogP contribution is 2.29. The fourth-order valence-corrected chi connectivity index (χ4v) is 3.30. The molecule has 1 unspecified atom stereocenters. The van der Waals surface area contributed by atoms with Gasteiger partial charge in [0.05, 0.1) is 34.0 Å². The van der Waals surface area contributed by atoms with Crippen molar-refractivity contribution in [3.8, 4) is 23.0 Å². The lowest BCUT2D eigenvalue weighted by atomic mass is 10.1. The van der Waals surface area contributed by atoms with Gasteiger partial charge in [0.1, 0.15) is 11.5 Å². The highest BCUT2D eigenvalue weighted by Gasteiger charge is 2.14. The van der Waals surface area contributed by atoms with Crippen molar-refractivity contribution in [2.24, 2.45) is 4.99 Å². The number of aliphatic imine (C=N–C) groups is 1. The number of guanidine groups is 1. The summed E-state index contributed by atoms with van der Waals surface area (Å²) in [6, 6.07) is 11.8. The van der Waals surface area contributed by atoms with Crippen molar-refractivity contribution in [2.75, 3.05) is 41.5 Å². The first kappa shape index (κ1) is 27.7. The fourth-order valence-electron chi connectivity index (χ4n) is 3.30. The number of aryl methyl sites for hydroxylation is 1. The van der Waals surface area contributed by atoms with Crippen molar-refractivity contribution in [3.05, 3.63) is 47.5 Å². The molecule has 0 saturated carbocycles. The minimum absolute atomic E-state index is 0. The first-order chi connectivity index (χ1) is 15.1. The third kappa shape index (κ3) is 7.96. The van der Waals surface area contributed by atoms with Gasteiger partial charge in [0, 0.05) is 19.2 Å². The van der Waals surface area contributed by atoms with Crippen molar-refractivity contribution in [2.45, 2.75) is 32.7 Å². The fraction of sp³-hybridized carbons (Fsp3) is 0.458. The van der Waals surface area contributed by atoms with Crippen molar-refractivity contribution >= 4 is 29.9 Å². The molecule has 0 fully saturated rings. The molecule has 32 heavy (non-hydrogen) atoms. The number of halogens is 1. The Morgan fingerprint density at radius 2 is 1.69 bits per heavy atom. The van der Waals surface area contributed by atoms with Gasteiger partial charge >= 0.3 is 0 Å². The molecule has 0 spiro atoms. The van der Waals surface area contributed by atoms with Gasteiger partial charge in [-0.15, -0.1) is 24.0 Å². The van der Waals surface area contributed by atoms with E-state index in [0.717, 1.165) is 53.9 Å². The second-order valence-corrected chi connectivity index (χ2v) is 6.99. The number of benzene rings is 2. The van der Waals surface area contributed by atoms with E-state index in [1.54, 1.807) is 28.4 Å². The van der Waals surface area contributed by atoms with E-state index >= 15 is 0 Å². The summed E-state index contributed by atoms with van der Waals surface area (Å²) in [5, 5.41) is 6.79. The van der Waals surface area contributed by atoms with Crippen LogP contribution in [0, 0.1) is 0 Å². The van der Waals surface area contributed by atoms with Crippen LogP contribution in [0.5, 0.6) is 23.0 Å². The van der Waals surface area contributed by atoms with Crippen LogP contribution < -0.4 is 29.6 Å². The molecule has 1 atom stereocenters. The third-order valence-corrected chi connectivity index (χ3v) is 4.94. The number of methoxy groups -OCH3 is 3. The summed E-state index contributed by atoms with van der Waals surface area (Å²) in [7, 11) is 6.75. The molecule has 178 valence electrons. The lowest BCUT2D eigenvalue weighted by Crippen LogP contribution is -2.39. The molecule has 0 aliphatic carbocycles. The Labute approximate surface area is 208 Å². The van der Waals surface area contributed by atoms with Crippen LogP contribution in [0.25, 0.3) is 0 Å². The van der Waals surface area contributed by atoms with Gasteiger partial charge in [0.15, 0.2) is 17.5 Å². The van der Waals surface area contributed by atoms with Crippen LogP contribution in [-0.4, -0.2) is 47.5 Å². The summed E-state index contributed by atoms with van der Waals surface area (Å²) >= 11 is 0. The molecule has 0 bridgehead atoms. The first-order valence-corrected chi connectivity index (χ1v) is 10.5. The predicted molar refractivity (Wildman–Crippen MR) is 140 cm³/mol. The van der Waals surface area contributed by atoms with Gasteiger partial charge < -0.3 is 29.6 Å². The molecule has 0 radical (unpaired) electrons.